The third-order valence-electron chi connectivity index (χ3n) is 3.08. The SMILES string of the molecule is COC(=O)c1c(NC(=O)C2=COCCO2)sc2ccccc12. The van der Waals surface area contributed by atoms with Gasteiger partial charge in [0.25, 0.3) is 5.91 Å². The van der Waals surface area contributed by atoms with Gasteiger partial charge in [0.1, 0.15) is 30.0 Å². The van der Waals surface area contributed by atoms with Crippen LogP contribution in [0.5, 0.6) is 0 Å². The predicted octanol–water partition coefficient (Wildman–Crippen LogP) is 2.51. The fourth-order valence-electron chi connectivity index (χ4n) is 2.09. The smallest absolute Gasteiger partial charge is 0.341 e. The minimum absolute atomic E-state index is 0.0829. The Morgan fingerprint density at radius 2 is 2.09 bits per heavy atom. The number of nitrogens with one attached hydrogen (secondary N) is 1. The fraction of sp³-hybridized carbons (Fsp3) is 0.200. The zero-order chi connectivity index (χ0) is 15.5. The molecule has 0 saturated carbocycles. The van der Waals surface area contributed by atoms with E-state index in [0.717, 1.165) is 10.1 Å². The average Bonchev–Trinajstić information content (AvgIpc) is 2.92. The predicted molar refractivity (Wildman–Crippen MR) is 81.8 cm³/mol. The lowest BCUT2D eigenvalue weighted by Gasteiger charge is -2.14. The summed E-state index contributed by atoms with van der Waals surface area (Å²) in [5, 5.41) is 3.85. The van der Waals surface area contributed by atoms with Crippen molar-refractivity contribution in [1.29, 1.82) is 0 Å². The van der Waals surface area contributed by atoms with Gasteiger partial charge in [-0.05, 0) is 6.07 Å². The molecule has 0 spiro atoms. The number of ether oxygens (including phenoxy) is 3. The van der Waals surface area contributed by atoms with E-state index in [4.69, 9.17) is 14.2 Å². The van der Waals surface area contributed by atoms with Crippen LogP contribution in [0.15, 0.2) is 36.3 Å². The lowest BCUT2D eigenvalue weighted by atomic mass is 10.1. The Hall–Kier alpha value is -2.54. The van der Waals surface area contributed by atoms with Crippen LogP contribution < -0.4 is 5.32 Å². The molecule has 1 N–H and O–H groups in total. The molecule has 6 nitrogen and oxygen atoms in total. The van der Waals surface area contributed by atoms with E-state index < -0.39 is 11.9 Å². The second-order valence-electron chi connectivity index (χ2n) is 4.45. The maximum atomic E-state index is 12.2. The first kappa shape index (κ1) is 14.4. The molecule has 0 unspecified atom stereocenters. The molecule has 1 aliphatic rings. The lowest BCUT2D eigenvalue weighted by Crippen LogP contribution is -2.21. The fourth-order valence-corrected chi connectivity index (χ4v) is 3.18. The van der Waals surface area contributed by atoms with E-state index in [0.29, 0.717) is 23.8 Å². The number of carbonyl (C=O) groups is 2. The van der Waals surface area contributed by atoms with E-state index in [9.17, 15) is 9.59 Å². The first-order valence-corrected chi connectivity index (χ1v) is 7.38. The van der Waals surface area contributed by atoms with Crippen LogP contribution in [-0.2, 0) is 19.0 Å². The van der Waals surface area contributed by atoms with Gasteiger partial charge in [-0.3, -0.25) is 4.79 Å². The highest BCUT2D eigenvalue weighted by molar-refractivity contribution is 7.23. The van der Waals surface area contributed by atoms with Crippen molar-refractivity contribution in [1.82, 2.24) is 0 Å². The zero-order valence-electron chi connectivity index (χ0n) is 11.8. The largest absolute Gasteiger partial charge is 0.494 e. The number of anilines is 1. The van der Waals surface area contributed by atoms with Crippen LogP contribution in [0.2, 0.25) is 0 Å². The molecule has 1 aliphatic heterocycles. The molecule has 0 atom stereocenters. The van der Waals surface area contributed by atoms with E-state index in [-0.39, 0.29) is 5.76 Å². The summed E-state index contributed by atoms with van der Waals surface area (Å²) in [6.07, 6.45) is 1.27. The molecular weight excluding hydrogens is 306 g/mol. The second kappa shape index (κ2) is 6.07. The number of esters is 1. The summed E-state index contributed by atoms with van der Waals surface area (Å²) in [6, 6.07) is 7.38. The summed E-state index contributed by atoms with van der Waals surface area (Å²) < 4.78 is 16.0. The number of rotatable bonds is 3. The highest BCUT2D eigenvalue weighted by Crippen LogP contribution is 2.36. The Balaban J connectivity index is 1.97. The molecule has 0 saturated heterocycles. The number of hydrogen-bond acceptors (Lipinski definition) is 6. The van der Waals surface area contributed by atoms with Gasteiger partial charge in [0.2, 0.25) is 5.76 Å². The van der Waals surface area contributed by atoms with E-state index in [2.05, 4.69) is 5.32 Å². The van der Waals surface area contributed by atoms with Gasteiger partial charge in [-0.2, -0.15) is 0 Å². The molecule has 1 amide bonds. The van der Waals surface area contributed by atoms with Crippen LogP contribution in [-0.4, -0.2) is 32.2 Å². The molecule has 22 heavy (non-hydrogen) atoms. The highest BCUT2D eigenvalue weighted by atomic mass is 32.1. The Morgan fingerprint density at radius 3 is 2.82 bits per heavy atom. The first-order valence-electron chi connectivity index (χ1n) is 6.56. The number of benzene rings is 1. The molecule has 0 fully saturated rings. The number of amides is 1. The minimum Gasteiger partial charge on any atom is -0.494 e. The molecule has 7 heteroatoms. The van der Waals surface area contributed by atoms with Crippen LogP contribution in [0.25, 0.3) is 10.1 Å². The Kier molecular flexibility index (Phi) is 3.97. The summed E-state index contributed by atoms with van der Waals surface area (Å²) in [6.45, 7) is 0.725. The van der Waals surface area contributed by atoms with Gasteiger partial charge in [0, 0.05) is 10.1 Å². The maximum absolute atomic E-state index is 12.2. The van der Waals surface area contributed by atoms with Crippen molar-refractivity contribution in [3.63, 3.8) is 0 Å². The first-order chi connectivity index (χ1) is 10.7. The highest BCUT2D eigenvalue weighted by Gasteiger charge is 2.23. The molecule has 0 aliphatic carbocycles. The van der Waals surface area contributed by atoms with Crippen LogP contribution in [0.4, 0.5) is 5.00 Å². The van der Waals surface area contributed by atoms with Crippen molar-refractivity contribution in [2.24, 2.45) is 0 Å². The third kappa shape index (κ3) is 2.62. The van der Waals surface area contributed by atoms with Gasteiger partial charge in [-0.1, -0.05) is 18.2 Å². The third-order valence-corrected chi connectivity index (χ3v) is 4.17. The molecule has 2 heterocycles. The van der Waals surface area contributed by atoms with Crippen molar-refractivity contribution < 1.29 is 23.8 Å². The van der Waals surface area contributed by atoms with Gasteiger partial charge in [0.15, 0.2) is 0 Å². The van der Waals surface area contributed by atoms with E-state index >= 15 is 0 Å². The van der Waals surface area contributed by atoms with Crippen molar-refractivity contribution in [3.05, 3.63) is 41.9 Å². The molecule has 0 radical (unpaired) electrons. The van der Waals surface area contributed by atoms with Crippen LogP contribution in [0.3, 0.4) is 0 Å². The van der Waals surface area contributed by atoms with Gasteiger partial charge in [0.05, 0.1) is 7.11 Å². The molecular formula is C15H13NO5S. The van der Waals surface area contributed by atoms with Gasteiger partial charge in [-0.15, -0.1) is 11.3 Å². The number of thiophene rings is 1. The van der Waals surface area contributed by atoms with Crippen LogP contribution >= 0.6 is 11.3 Å². The maximum Gasteiger partial charge on any atom is 0.341 e. The normalized spacial score (nSPS) is 13.8. The Labute approximate surface area is 130 Å². The molecule has 1 aromatic heterocycles. The van der Waals surface area contributed by atoms with Crippen molar-refractivity contribution in [2.75, 3.05) is 25.6 Å². The average molecular weight is 319 g/mol. The molecule has 114 valence electrons. The van der Waals surface area contributed by atoms with Crippen LogP contribution in [0.1, 0.15) is 10.4 Å². The lowest BCUT2D eigenvalue weighted by molar-refractivity contribution is -0.117. The zero-order valence-corrected chi connectivity index (χ0v) is 12.6. The minimum atomic E-state index is -0.498. The molecule has 3 rings (SSSR count). The summed E-state index contributed by atoms with van der Waals surface area (Å²) in [5.41, 5.74) is 0.341. The van der Waals surface area contributed by atoms with Gasteiger partial charge >= 0.3 is 5.97 Å². The second-order valence-corrected chi connectivity index (χ2v) is 5.50. The van der Waals surface area contributed by atoms with E-state index in [1.807, 2.05) is 24.3 Å². The summed E-state index contributed by atoms with van der Waals surface area (Å²) in [7, 11) is 1.31. The summed E-state index contributed by atoms with van der Waals surface area (Å²) in [4.78, 5) is 24.2. The number of carbonyl (C=O) groups excluding carboxylic acids is 2. The van der Waals surface area contributed by atoms with Crippen molar-refractivity contribution >= 4 is 38.3 Å². The number of fused-ring (bicyclic) bond motifs is 1. The quantitative estimate of drug-likeness (QED) is 0.880. The van der Waals surface area contributed by atoms with Gasteiger partial charge < -0.3 is 19.5 Å². The molecule has 1 aromatic carbocycles. The van der Waals surface area contributed by atoms with E-state index in [1.165, 1.54) is 24.7 Å². The van der Waals surface area contributed by atoms with Crippen LogP contribution in [0, 0.1) is 0 Å². The van der Waals surface area contributed by atoms with E-state index in [1.54, 1.807) is 0 Å². The molecule has 2 aromatic rings. The standard InChI is InChI=1S/C15H13NO5S/c1-19-15(18)12-9-4-2-3-5-11(9)22-14(12)16-13(17)10-8-20-6-7-21-10/h2-5,8H,6-7H2,1H3,(H,16,17). The molecule has 0 bridgehead atoms. The summed E-state index contributed by atoms with van der Waals surface area (Å²) in [5.74, 6) is -0.876. The Morgan fingerprint density at radius 1 is 1.27 bits per heavy atom. The summed E-state index contributed by atoms with van der Waals surface area (Å²) >= 11 is 1.30. The number of methoxy groups -OCH3 is 1. The number of hydrogen-bond donors (Lipinski definition) is 1. The van der Waals surface area contributed by atoms with Gasteiger partial charge in [-0.25, -0.2) is 4.79 Å². The van der Waals surface area contributed by atoms with Crippen molar-refractivity contribution in [3.8, 4) is 0 Å². The monoisotopic (exact) mass is 319 g/mol. The Bertz CT molecular complexity index is 764. The van der Waals surface area contributed by atoms with Crippen molar-refractivity contribution in [2.45, 2.75) is 0 Å². The topological polar surface area (TPSA) is 73.9 Å².